The van der Waals surface area contributed by atoms with E-state index in [1.165, 1.54) is 44.2 Å². The number of anilines is 3. The summed E-state index contributed by atoms with van der Waals surface area (Å²) in [5.74, 6) is 0. The first-order valence-corrected chi connectivity index (χ1v) is 17.7. The van der Waals surface area contributed by atoms with Crippen molar-refractivity contribution >= 4 is 49.8 Å². The molecular weight excluding hydrogens is 619 g/mol. The van der Waals surface area contributed by atoms with Crippen LogP contribution in [0.2, 0.25) is 0 Å². The van der Waals surface area contributed by atoms with Crippen LogP contribution in [0.25, 0.3) is 66.1 Å². The van der Waals surface area contributed by atoms with Crippen molar-refractivity contribution in [3.05, 3.63) is 187 Å². The zero-order valence-electron chi connectivity index (χ0n) is 28.6. The maximum atomic E-state index is 6.60. The minimum atomic E-state index is -0.102. The fourth-order valence-electron chi connectivity index (χ4n) is 8.32. The van der Waals surface area contributed by atoms with Gasteiger partial charge in [-0.25, -0.2) is 0 Å². The smallest absolute Gasteiger partial charge is 0.143 e. The summed E-state index contributed by atoms with van der Waals surface area (Å²) in [6.45, 7) is 4.69. The fourth-order valence-corrected chi connectivity index (χ4v) is 8.32. The van der Waals surface area contributed by atoms with E-state index in [1.807, 2.05) is 6.07 Å². The van der Waals surface area contributed by atoms with Crippen LogP contribution in [0.1, 0.15) is 25.0 Å². The molecule has 0 amide bonds. The summed E-state index contributed by atoms with van der Waals surface area (Å²) < 4.78 is 6.60. The number of fused-ring (bicyclic) bond motifs is 7. The summed E-state index contributed by atoms with van der Waals surface area (Å²) in [6.07, 6.45) is 0. The fraction of sp³-hybridized carbons (Fsp3) is 0.0612. The van der Waals surface area contributed by atoms with Crippen molar-refractivity contribution in [3.8, 4) is 33.4 Å². The van der Waals surface area contributed by atoms with E-state index in [1.54, 1.807) is 0 Å². The van der Waals surface area contributed by atoms with Gasteiger partial charge < -0.3 is 9.32 Å². The van der Waals surface area contributed by atoms with Crippen molar-refractivity contribution in [2.45, 2.75) is 19.3 Å². The topological polar surface area (TPSA) is 16.4 Å². The van der Waals surface area contributed by atoms with Crippen LogP contribution in [0.4, 0.5) is 17.1 Å². The Bertz CT molecular complexity index is 2770. The molecule has 10 rings (SSSR count). The average molecular weight is 654 g/mol. The molecule has 1 aliphatic rings. The quantitative estimate of drug-likeness (QED) is 0.184. The number of hydrogen-bond donors (Lipinski definition) is 0. The van der Waals surface area contributed by atoms with Crippen molar-refractivity contribution in [1.82, 2.24) is 0 Å². The Morgan fingerprint density at radius 2 is 1.10 bits per heavy atom. The number of benzene rings is 8. The predicted molar refractivity (Wildman–Crippen MR) is 214 cm³/mol. The summed E-state index contributed by atoms with van der Waals surface area (Å²) >= 11 is 0. The normalized spacial score (nSPS) is 13.1. The van der Waals surface area contributed by atoms with Crippen LogP contribution in [0.5, 0.6) is 0 Å². The van der Waals surface area contributed by atoms with E-state index in [4.69, 9.17) is 4.42 Å². The summed E-state index contributed by atoms with van der Waals surface area (Å²) in [6, 6.07) is 63.6. The number of nitrogens with zero attached hydrogens (tertiary/aromatic N) is 1. The monoisotopic (exact) mass is 653 g/mol. The van der Waals surface area contributed by atoms with Crippen molar-refractivity contribution in [2.24, 2.45) is 0 Å². The lowest BCUT2D eigenvalue weighted by Gasteiger charge is -2.28. The lowest BCUT2D eigenvalue weighted by Crippen LogP contribution is -2.16. The molecule has 0 radical (unpaired) electrons. The van der Waals surface area contributed by atoms with Crippen LogP contribution < -0.4 is 4.90 Å². The molecule has 2 heteroatoms. The Morgan fingerprint density at radius 3 is 1.96 bits per heavy atom. The maximum Gasteiger partial charge on any atom is 0.143 e. The van der Waals surface area contributed by atoms with Crippen LogP contribution in [-0.4, -0.2) is 0 Å². The molecule has 0 saturated carbocycles. The van der Waals surface area contributed by atoms with Crippen molar-refractivity contribution in [1.29, 1.82) is 0 Å². The Labute approximate surface area is 297 Å². The van der Waals surface area contributed by atoms with Crippen molar-refractivity contribution < 1.29 is 4.42 Å². The zero-order valence-corrected chi connectivity index (χ0v) is 28.6. The van der Waals surface area contributed by atoms with E-state index in [0.717, 1.165) is 50.1 Å². The summed E-state index contributed by atoms with van der Waals surface area (Å²) in [5, 5.41) is 4.67. The number of furan rings is 1. The Kier molecular flexibility index (Phi) is 6.56. The molecule has 242 valence electrons. The van der Waals surface area contributed by atoms with Crippen LogP contribution >= 0.6 is 0 Å². The molecule has 9 aromatic rings. The summed E-state index contributed by atoms with van der Waals surface area (Å²) in [7, 11) is 0. The third-order valence-corrected chi connectivity index (χ3v) is 10.8. The Hall–Kier alpha value is -6.38. The van der Waals surface area contributed by atoms with E-state index in [0.29, 0.717) is 0 Å². The van der Waals surface area contributed by atoms with Crippen molar-refractivity contribution in [3.63, 3.8) is 0 Å². The minimum Gasteiger partial charge on any atom is -0.455 e. The molecule has 1 aliphatic carbocycles. The largest absolute Gasteiger partial charge is 0.455 e. The van der Waals surface area contributed by atoms with Gasteiger partial charge in [0.05, 0.1) is 0 Å². The summed E-state index contributed by atoms with van der Waals surface area (Å²) in [5.41, 5.74) is 15.1. The average Bonchev–Trinajstić information content (AvgIpc) is 3.66. The molecule has 0 fully saturated rings. The van der Waals surface area contributed by atoms with Gasteiger partial charge in [0.2, 0.25) is 0 Å². The van der Waals surface area contributed by atoms with Gasteiger partial charge in [0.25, 0.3) is 0 Å². The second-order valence-corrected chi connectivity index (χ2v) is 14.1. The van der Waals surface area contributed by atoms with E-state index in [9.17, 15) is 0 Å². The highest BCUT2D eigenvalue weighted by atomic mass is 16.3. The standard InChI is InChI=1S/C49H35NO/c1-49(2)44-21-10-8-19-40(44)41-28-27-38(31-45(41)49)50(37-17-12-16-34(29-37)32-13-4-3-5-14-32)36-25-23-33(24-26-36)47-39-18-7-6-15-35(39)30-43-42-20-9-11-22-46(42)51-48(43)47/h3-31H,1-2H3. The van der Waals surface area contributed by atoms with Gasteiger partial charge in [-0.3, -0.25) is 0 Å². The second-order valence-electron chi connectivity index (χ2n) is 14.1. The Morgan fingerprint density at radius 1 is 0.431 bits per heavy atom. The van der Waals surface area contributed by atoms with Crippen LogP contribution in [0, 0.1) is 0 Å². The maximum absolute atomic E-state index is 6.60. The highest BCUT2D eigenvalue weighted by Gasteiger charge is 2.35. The van der Waals surface area contributed by atoms with Crippen LogP contribution in [0.15, 0.2) is 180 Å². The highest BCUT2D eigenvalue weighted by Crippen LogP contribution is 2.51. The van der Waals surface area contributed by atoms with Gasteiger partial charge in [-0.2, -0.15) is 0 Å². The molecule has 0 N–H and O–H groups in total. The second kappa shape index (κ2) is 11.3. The van der Waals surface area contributed by atoms with Crippen LogP contribution in [0.3, 0.4) is 0 Å². The molecule has 0 bridgehead atoms. The molecule has 2 nitrogen and oxygen atoms in total. The molecular formula is C49H35NO. The van der Waals surface area contributed by atoms with Crippen LogP contribution in [-0.2, 0) is 5.41 Å². The van der Waals surface area contributed by atoms with Gasteiger partial charge in [0, 0.05) is 38.8 Å². The zero-order chi connectivity index (χ0) is 34.1. The molecule has 1 heterocycles. The first kappa shape index (κ1) is 29.5. The molecule has 1 aromatic heterocycles. The molecule has 8 aromatic carbocycles. The minimum absolute atomic E-state index is 0.102. The summed E-state index contributed by atoms with van der Waals surface area (Å²) in [4.78, 5) is 2.40. The first-order valence-electron chi connectivity index (χ1n) is 17.7. The molecule has 0 spiro atoms. The van der Waals surface area contributed by atoms with E-state index >= 15 is 0 Å². The number of rotatable bonds is 5. The van der Waals surface area contributed by atoms with E-state index in [2.05, 4.69) is 189 Å². The molecule has 0 saturated heterocycles. The van der Waals surface area contributed by atoms with Gasteiger partial charge in [-0.05, 0) is 98.2 Å². The molecule has 0 atom stereocenters. The van der Waals surface area contributed by atoms with Gasteiger partial charge >= 0.3 is 0 Å². The van der Waals surface area contributed by atoms with Gasteiger partial charge in [0.1, 0.15) is 11.2 Å². The SMILES string of the molecule is CC1(C)c2ccccc2-c2ccc(N(c3ccc(-c4c5ccccc5cc5c4oc4ccccc45)cc3)c3cccc(-c4ccccc4)c3)cc21. The van der Waals surface area contributed by atoms with Gasteiger partial charge in [0.15, 0.2) is 0 Å². The first-order chi connectivity index (χ1) is 25.0. The molecule has 0 unspecified atom stereocenters. The molecule has 51 heavy (non-hydrogen) atoms. The lowest BCUT2D eigenvalue weighted by molar-refractivity contribution is 0.660. The highest BCUT2D eigenvalue weighted by molar-refractivity contribution is 6.18. The number of para-hydroxylation sites is 1. The van der Waals surface area contributed by atoms with Gasteiger partial charge in [-0.15, -0.1) is 0 Å². The van der Waals surface area contributed by atoms with Crippen molar-refractivity contribution in [2.75, 3.05) is 4.90 Å². The van der Waals surface area contributed by atoms with E-state index in [-0.39, 0.29) is 5.41 Å². The molecule has 0 aliphatic heterocycles. The Balaban J connectivity index is 1.15. The third kappa shape index (κ3) is 4.64. The number of hydrogen-bond acceptors (Lipinski definition) is 2. The third-order valence-electron chi connectivity index (χ3n) is 10.8. The lowest BCUT2D eigenvalue weighted by atomic mass is 9.82. The van der Waals surface area contributed by atoms with E-state index < -0.39 is 0 Å². The van der Waals surface area contributed by atoms with Gasteiger partial charge in [-0.1, -0.05) is 141 Å². The predicted octanol–water partition coefficient (Wildman–Crippen LogP) is 13.8.